The van der Waals surface area contributed by atoms with Crippen LogP contribution in [0, 0.1) is 11.3 Å². The van der Waals surface area contributed by atoms with Crippen LogP contribution in [0.4, 0.5) is 5.69 Å². The van der Waals surface area contributed by atoms with Crippen molar-refractivity contribution in [2.45, 2.75) is 13.5 Å². The van der Waals surface area contributed by atoms with E-state index in [1.807, 2.05) is 24.3 Å². The van der Waals surface area contributed by atoms with E-state index in [2.05, 4.69) is 5.32 Å². The Hall–Kier alpha value is -3.99. The van der Waals surface area contributed by atoms with Crippen molar-refractivity contribution < 1.29 is 24.2 Å². The standard InChI is InChI=1S/C26H20Cl2N2O5/c1-2-34-23-13-16(12-21(28)24(23)35-15-17-7-3-5-9-20(17)27)11-18(14-29)25(31)30-22-10-6-4-8-19(22)26(32)33/h3-13H,2,15H2,1H3,(H,30,31)(H,32,33)/b18-11+. The van der Waals surface area contributed by atoms with E-state index >= 15 is 0 Å². The molecule has 3 aromatic rings. The highest BCUT2D eigenvalue weighted by atomic mass is 35.5. The summed E-state index contributed by atoms with van der Waals surface area (Å²) in [7, 11) is 0. The van der Waals surface area contributed by atoms with Crippen LogP contribution in [-0.4, -0.2) is 23.6 Å². The number of hydrogen-bond acceptors (Lipinski definition) is 5. The van der Waals surface area contributed by atoms with E-state index in [9.17, 15) is 20.0 Å². The van der Waals surface area contributed by atoms with Crippen LogP contribution >= 0.6 is 23.2 Å². The van der Waals surface area contributed by atoms with Gasteiger partial charge in [0.15, 0.2) is 11.5 Å². The number of carboxylic acids is 1. The third-order valence-electron chi connectivity index (χ3n) is 4.74. The average molecular weight is 511 g/mol. The number of nitrogens with one attached hydrogen (secondary N) is 1. The molecule has 0 unspecified atom stereocenters. The number of ether oxygens (including phenoxy) is 2. The number of carbonyl (C=O) groups excluding carboxylic acids is 1. The molecular weight excluding hydrogens is 491 g/mol. The summed E-state index contributed by atoms with van der Waals surface area (Å²) in [6.07, 6.45) is 1.32. The molecule has 0 heterocycles. The van der Waals surface area contributed by atoms with Gasteiger partial charge in [0.2, 0.25) is 0 Å². The lowest BCUT2D eigenvalue weighted by Crippen LogP contribution is -2.16. The maximum Gasteiger partial charge on any atom is 0.337 e. The molecule has 0 aromatic heterocycles. The highest BCUT2D eigenvalue weighted by molar-refractivity contribution is 6.32. The summed E-state index contributed by atoms with van der Waals surface area (Å²) < 4.78 is 11.5. The largest absolute Gasteiger partial charge is 0.490 e. The molecule has 0 aliphatic heterocycles. The average Bonchev–Trinajstić information content (AvgIpc) is 2.83. The Kier molecular flexibility index (Phi) is 8.74. The fraction of sp³-hybridized carbons (Fsp3) is 0.115. The Balaban J connectivity index is 1.88. The number of carboxylic acid groups (broad SMARTS) is 1. The number of carbonyl (C=O) groups is 2. The zero-order chi connectivity index (χ0) is 25.4. The molecule has 3 rings (SSSR count). The number of nitriles is 1. The molecule has 0 saturated carbocycles. The van der Waals surface area contributed by atoms with E-state index in [1.54, 1.807) is 25.1 Å². The van der Waals surface area contributed by atoms with E-state index < -0.39 is 11.9 Å². The molecule has 0 radical (unpaired) electrons. The number of benzene rings is 3. The lowest BCUT2D eigenvalue weighted by Gasteiger charge is -2.15. The lowest BCUT2D eigenvalue weighted by molar-refractivity contribution is -0.112. The predicted octanol–water partition coefficient (Wildman–Crippen LogP) is 6.21. The van der Waals surface area contributed by atoms with Crippen molar-refractivity contribution >= 4 is 46.8 Å². The van der Waals surface area contributed by atoms with Crippen molar-refractivity contribution in [2.24, 2.45) is 0 Å². The van der Waals surface area contributed by atoms with Crippen molar-refractivity contribution in [3.63, 3.8) is 0 Å². The number of halogens is 2. The molecule has 0 atom stereocenters. The van der Waals surface area contributed by atoms with Gasteiger partial charge in [-0.1, -0.05) is 53.5 Å². The first-order valence-electron chi connectivity index (χ1n) is 10.4. The first kappa shape index (κ1) is 25.6. The lowest BCUT2D eigenvalue weighted by atomic mass is 10.1. The van der Waals surface area contributed by atoms with Crippen LogP contribution in [0.5, 0.6) is 11.5 Å². The molecule has 0 spiro atoms. The van der Waals surface area contributed by atoms with Gasteiger partial charge in [-0.2, -0.15) is 5.26 Å². The number of amides is 1. The minimum Gasteiger partial charge on any atom is -0.490 e. The Morgan fingerprint density at radius 1 is 1.06 bits per heavy atom. The summed E-state index contributed by atoms with van der Waals surface area (Å²) in [5, 5.41) is 22.1. The second-order valence-corrected chi connectivity index (χ2v) is 7.93. The van der Waals surface area contributed by atoms with Crippen LogP contribution in [0.1, 0.15) is 28.4 Å². The molecule has 7 nitrogen and oxygen atoms in total. The van der Waals surface area contributed by atoms with Crippen molar-refractivity contribution in [3.8, 4) is 17.6 Å². The molecular formula is C26H20Cl2N2O5. The Labute approximate surface area is 212 Å². The van der Waals surface area contributed by atoms with Gasteiger partial charge in [-0.25, -0.2) is 4.79 Å². The quantitative estimate of drug-likeness (QED) is 0.261. The molecule has 35 heavy (non-hydrogen) atoms. The molecule has 1 amide bonds. The van der Waals surface area contributed by atoms with Crippen LogP contribution in [0.25, 0.3) is 6.08 Å². The highest BCUT2D eigenvalue weighted by Gasteiger charge is 2.17. The number of aromatic carboxylic acids is 1. The van der Waals surface area contributed by atoms with E-state index in [4.69, 9.17) is 32.7 Å². The zero-order valence-corrected chi connectivity index (χ0v) is 20.1. The molecule has 9 heteroatoms. The Bertz CT molecular complexity index is 1330. The predicted molar refractivity (Wildman–Crippen MR) is 134 cm³/mol. The molecule has 178 valence electrons. The topological polar surface area (TPSA) is 109 Å². The summed E-state index contributed by atoms with van der Waals surface area (Å²) >= 11 is 12.6. The molecule has 0 aliphatic carbocycles. The van der Waals surface area contributed by atoms with Gasteiger partial charge in [0.25, 0.3) is 5.91 Å². The first-order chi connectivity index (χ1) is 16.8. The molecule has 0 aliphatic rings. The van der Waals surface area contributed by atoms with Crippen molar-refractivity contribution in [1.29, 1.82) is 5.26 Å². The fourth-order valence-corrected chi connectivity index (χ4v) is 3.59. The molecule has 0 bridgehead atoms. The molecule has 0 fully saturated rings. The van der Waals surface area contributed by atoms with Crippen LogP contribution in [0.15, 0.2) is 66.2 Å². The van der Waals surface area contributed by atoms with E-state index in [1.165, 1.54) is 30.3 Å². The van der Waals surface area contributed by atoms with Gasteiger partial charge >= 0.3 is 5.97 Å². The fourth-order valence-electron chi connectivity index (χ4n) is 3.12. The van der Waals surface area contributed by atoms with Crippen molar-refractivity contribution in [3.05, 3.63) is 93.0 Å². The second-order valence-electron chi connectivity index (χ2n) is 7.12. The number of hydrogen-bond donors (Lipinski definition) is 2. The number of nitrogens with zero attached hydrogens (tertiary/aromatic N) is 1. The minimum absolute atomic E-state index is 0.0718. The zero-order valence-electron chi connectivity index (χ0n) is 18.5. The van der Waals surface area contributed by atoms with Gasteiger partial charge in [0.05, 0.1) is 22.9 Å². The third kappa shape index (κ3) is 6.54. The highest BCUT2D eigenvalue weighted by Crippen LogP contribution is 2.38. The normalized spacial score (nSPS) is 10.9. The van der Waals surface area contributed by atoms with Crippen LogP contribution in [0.2, 0.25) is 10.0 Å². The molecule has 3 aromatic carbocycles. The summed E-state index contributed by atoms with van der Waals surface area (Å²) in [5.74, 6) is -1.35. The first-order valence-corrected chi connectivity index (χ1v) is 11.2. The summed E-state index contributed by atoms with van der Waals surface area (Å²) in [4.78, 5) is 24.1. The van der Waals surface area contributed by atoms with Gasteiger partial charge in [-0.05, 0) is 48.9 Å². The Morgan fingerprint density at radius 2 is 1.77 bits per heavy atom. The second kappa shape index (κ2) is 11.9. The van der Waals surface area contributed by atoms with Crippen molar-refractivity contribution in [1.82, 2.24) is 0 Å². The third-order valence-corrected chi connectivity index (χ3v) is 5.39. The molecule has 2 N–H and O–H groups in total. The van der Waals surface area contributed by atoms with Crippen LogP contribution < -0.4 is 14.8 Å². The minimum atomic E-state index is -1.20. The van der Waals surface area contributed by atoms with Gasteiger partial charge in [-0.15, -0.1) is 0 Å². The van der Waals surface area contributed by atoms with Gasteiger partial charge in [-0.3, -0.25) is 4.79 Å². The number of rotatable bonds is 9. The van der Waals surface area contributed by atoms with Gasteiger partial charge < -0.3 is 19.9 Å². The smallest absolute Gasteiger partial charge is 0.337 e. The van der Waals surface area contributed by atoms with Gasteiger partial charge in [0.1, 0.15) is 18.2 Å². The summed E-state index contributed by atoms with van der Waals surface area (Å²) in [6, 6.07) is 18.1. The summed E-state index contributed by atoms with van der Waals surface area (Å²) in [6.45, 7) is 2.27. The Morgan fingerprint density at radius 3 is 2.46 bits per heavy atom. The number of anilines is 1. The summed E-state index contributed by atoms with van der Waals surface area (Å²) in [5.41, 5.74) is 0.902. The van der Waals surface area contributed by atoms with Gasteiger partial charge in [0, 0.05) is 10.6 Å². The SMILES string of the molecule is CCOc1cc(/C=C(\C#N)C(=O)Nc2ccccc2C(=O)O)cc(Cl)c1OCc1ccccc1Cl. The van der Waals surface area contributed by atoms with Crippen LogP contribution in [0.3, 0.4) is 0 Å². The maximum atomic E-state index is 12.7. The molecule has 0 saturated heterocycles. The maximum absolute atomic E-state index is 12.7. The van der Waals surface area contributed by atoms with E-state index in [0.717, 1.165) is 5.56 Å². The monoisotopic (exact) mass is 510 g/mol. The van der Waals surface area contributed by atoms with E-state index in [-0.39, 0.29) is 28.5 Å². The van der Waals surface area contributed by atoms with E-state index in [0.29, 0.717) is 28.7 Å². The van der Waals surface area contributed by atoms with Crippen LogP contribution in [-0.2, 0) is 11.4 Å². The van der Waals surface area contributed by atoms with Crippen molar-refractivity contribution in [2.75, 3.05) is 11.9 Å². The number of para-hydroxylation sites is 1.